The number of carbonyl (C=O) groups excluding carboxylic acids is 1. The number of pyridine rings is 1. The van der Waals surface area contributed by atoms with Crippen LogP contribution < -0.4 is 11.1 Å². The van der Waals surface area contributed by atoms with E-state index in [1.807, 2.05) is 36.4 Å². The van der Waals surface area contributed by atoms with Crippen LogP contribution in [0, 0.1) is 0 Å². The van der Waals surface area contributed by atoms with Gasteiger partial charge in [0, 0.05) is 18.3 Å². The highest BCUT2D eigenvalue weighted by Crippen LogP contribution is 2.18. The number of benzene rings is 1. The number of primary amides is 1. The third-order valence-electron chi connectivity index (χ3n) is 3.25. The molecule has 1 amide bonds. The van der Waals surface area contributed by atoms with Crippen molar-refractivity contribution in [1.82, 2.24) is 15.0 Å². The van der Waals surface area contributed by atoms with Gasteiger partial charge in [-0.15, -0.1) is 0 Å². The van der Waals surface area contributed by atoms with E-state index in [-0.39, 0.29) is 5.69 Å². The lowest BCUT2D eigenvalue weighted by Crippen LogP contribution is -2.14. The number of amides is 1. The van der Waals surface area contributed by atoms with Crippen LogP contribution in [0.25, 0.3) is 11.3 Å². The molecule has 1 aromatic carbocycles. The fourth-order valence-electron chi connectivity index (χ4n) is 2.14. The van der Waals surface area contributed by atoms with Crippen molar-refractivity contribution < 1.29 is 4.79 Å². The molecule has 0 aliphatic heterocycles. The molecule has 6 heteroatoms. The maximum atomic E-state index is 11.1. The molecule has 0 fully saturated rings. The summed E-state index contributed by atoms with van der Waals surface area (Å²) in [6.45, 7) is 0.553. The average molecular weight is 305 g/mol. The third-order valence-corrected chi connectivity index (χ3v) is 3.25. The zero-order chi connectivity index (χ0) is 16.1. The van der Waals surface area contributed by atoms with Gasteiger partial charge in [-0.2, -0.15) is 0 Å². The highest BCUT2D eigenvalue weighted by molar-refractivity contribution is 5.90. The summed E-state index contributed by atoms with van der Waals surface area (Å²) in [5, 5.41) is 3.13. The number of anilines is 1. The summed E-state index contributed by atoms with van der Waals surface area (Å²) in [4.78, 5) is 23.5. The molecule has 23 heavy (non-hydrogen) atoms. The van der Waals surface area contributed by atoms with Crippen LogP contribution >= 0.6 is 0 Å². The second kappa shape index (κ2) is 6.65. The first-order valence-corrected chi connectivity index (χ1v) is 7.08. The van der Waals surface area contributed by atoms with Crippen LogP contribution in [0.5, 0.6) is 0 Å². The topological polar surface area (TPSA) is 93.8 Å². The Balaban J connectivity index is 1.74. The van der Waals surface area contributed by atoms with Gasteiger partial charge in [0.05, 0.1) is 18.1 Å². The summed E-state index contributed by atoms with van der Waals surface area (Å²) in [5.74, 6) is -0.0946. The van der Waals surface area contributed by atoms with E-state index in [9.17, 15) is 4.79 Å². The summed E-state index contributed by atoms with van der Waals surface area (Å²) in [6, 6.07) is 13.9. The Morgan fingerprint density at radius 2 is 2.04 bits per heavy atom. The molecule has 0 saturated heterocycles. The minimum Gasteiger partial charge on any atom is -0.365 e. The molecule has 114 valence electrons. The van der Waals surface area contributed by atoms with Crippen molar-refractivity contribution in [2.75, 3.05) is 5.32 Å². The van der Waals surface area contributed by atoms with E-state index in [1.165, 1.54) is 6.20 Å². The Morgan fingerprint density at radius 3 is 2.83 bits per heavy atom. The van der Waals surface area contributed by atoms with E-state index in [0.29, 0.717) is 12.4 Å². The highest BCUT2D eigenvalue weighted by atomic mass is 16.1. The van der Waals surface area contributed by atoms with Crippen LogP contribution in [0.3, 0.4) is 0 Å². The van der Waals surface area contributed by atoms with E-state index in [0.717, 1.165) is 16.8 Å². The number of hydrogen-bond acceptors (Lipinski definition) is 5. The molecule has 3 rings (SSSR count). The van der Waals surface area contributed by atoms with Gasteiger partial charge in [0.1, 0.15) is 11.5 Å². The molecule has 0 bridgehead atoms. The van der Waals surface area contributed by atoms with E-state index in [4.69, 9.17) is 5.73 Å². The van der Waals surface area contributed by atoms with Crippen LogP contribution in [0.1, 0.15) is 16.1 Å². The largest absolute Gasteiger partial charge is 0.365 e. The lowest BCUT2D eigenvalue weighted by molar-refractivity contribution is 0.0995. The van der Waals surface area contributed by atoms with Gasteiger partial charge >= 0.3 is 0 Å². The molecule has 0 aliphatic rings. The van der Waals surface area contributed by atoms with Gasteiger partial charge in [-0.1, -0.05) is 24.3 Å². The zero-order valence-corrected chi connectivity index (χ0v) is 12.3. The molecule has 6 nitrogen and oxygen atoms in total. The predicted molar refractivity (Wildman–Crippen MR) is 87.5 cm³/mol. The molecule has 2 aromatic heterocycles. The molecule has 3 aromatic rings. The van der Waals surface area contributed by atoms with Gasteiger partial charge in [0.25, 0.3) is 5.91 Å². The monoisotopic (exact) mass is 305 g/mol. The quantitative estimate of drug-likeness (QED) is 0.754. The minimum atomic E-state index is -0.599. The predicted octanol–water partition coefficient (Wildman–Crippen LogP) is 2.25. The molecule has 3 N–H and O–H groups in total. The lowest BCUT2D eigenvalue weighted by Gasteiger charge is -2.08. The molecule has 2 heterocycles. The van der Waals surface area contributed by atoms with Gasteiger partial charge in [0.2, 0.25) is 0 Å². The highest BCUT2D eigenvalue weighted by Gasteiger charge is 2.05. The Hall–Kier alpha value is -3.28. The number of aromatic nitrogens is 3. The van der Waals surface area contributed by atoms with Crippen molar-refractivity contribution in [2.45, 2.75) is 6.54 Å². The van der Waals surface area contributed by atoms with Gasteiger partial charge in [-0.3, -0.25) is 14.8 Å². The molecular formula is C17H15N5O. The van der Waals surface area contributed by atoms with E-state index in [1.54, 1.807) is 12.4 Å². The molecule has 0 atom stereocenters. The zero-order valence-electron chi connectivity index (χ0n) is 12.3. The molecular weight excluding hydrogens is 290 g/mol. The van der Waals surface area contributed by atoms with E-state index in [2.05, 4.69) is 26.3 Å². The first kappa shape index (κ1) is 14.6. The summed E-state index contributed by atoms with van der Waals surface area (Å²) < 4.78 is 0. The second-order valence-corrected chi connectivity index (χ2v) is 4.92. The first-order valence-electron chi connectivity index (χ1n) is 7.08. The fourth-order valence-corrected chi connectivity index (χ4v) is 2.14. The number of nitrogens with one attached hydrogen (secondary N) is 1. The molecule has 0 spiro atoms. The number of carbonyl (C=O) groups is 1. The second-order valence-electron chi connectivity index (χ2n) is 4.92. The van der Waals surface area contributed by atoms with Crippen LogP contribution in [-0.2, 0) is 6.54 Å². The SMILES string of the molecule is NC(=O)c1cncc(NCc2cccc(-c3ccccn3)c2)n1. The maximum Gasteiger partial charge on any atom is 0.268 e. The van der Waals surface area contributed by atoms with Crippen LogP contribution in [0.4, 0.5) is 5.82 Å². The van der Waals surface area contributed by atoms with E-state index >= 15 is 0 Å². The van der Waals surface area contributed by atoms with Crippen molar-refractivity contribution in [2.24, 2.45) is 5.73 Å². The Labute approximate surface area is 133 Å². The number of nitrogens with two attached hydrogens (primary N) is 1. The van der Waals surface area contributed by atoms with Gasteiger partial charge in [-0.05, 0) is 23.8 Å². The third kappa shape index (κ3) is 3.68. The standard InChI is InChI=1S/C17H15N5O/c18-17(23)15-10-19-11-16(22-15)21-9-12-4-3-5-13(8-12)14-6-1-2-7-20-14/h1-8,10-11H,9H2,(H2,18,23)(H,21,22). The van der Waals surface area contributed by atoms with E-state index < -0.39 is 5.91 Å². The van der Waals surface area contributed by atoms with Crippen molar-refractivity contribution >= 4 is 11.7 Å². The summed E-state index contributed by atoms with van der Waals surface area (Å²) >= 11 is 0. The summed E-state index contributed by atoms with van der Waals surface area (Å²) in [7, 11) is 0. The normalized spacial score (nSPS) is 10.3. The fraction of sp³-hybridized carbons (Fsp3) is 0.0588. The lowest BCUT2D eigenvalue weighted by atomic mass is 10.1. The smallest absolute Gasteiger partial charge is 0.268 e. The van der Waals surface area contributed by atoms with Gasteiger partial charge in [-0.25, -0.2) is 4.98 Å². The molecule has 0 unspecified atom stereocenters. The van der Waals surface area contributed by atoms with Crippen LogP contribution in [0.15, 0.2) is 61.1 Å². The van der Waals surface area contributed by atoms with Crippen molar-refractivity contribution in [3.8, 4) is 11.3 Å². The van der Waals surface area contributed by atoms with Gasteiger partial charge < -0.3 is 11.1 Å². The van der Waals surface area contributed by atoms with Crippen LogP contribution in [0.2, 0.25) is 0 Å². The van der Waals surface area contributed by atoms with Gasteiger partial charge in [0.15, 0.2) is 0 Å². The number of hydrogen-bond donors (Lipinski definition) is 2. The Bertz CT molecular complexity index is 820. The molecule has 0 saturated carbocycles. The first-order chi connectivity index (χ1) is 11.2. The Morgan fingerprint density at radius 1 is 1.13 bits per heavy atom. The van der Waals surface area contributed by atoms with Crippen LogP contribution in [-0.4, -0.2) is 20.9 Å². The van der Waals surface area contributed by atoms with Crippen molar-refractivity contribution in [3.63, 3.8) is 0 Å². The maximum absolute atomic E-state index is 11.1. The molecule has 0 radical (unpaired) electrons. The number of nitrogens with zero attached hydrogens (tertiary/aromatic N) is 3. The number of rotatable bonds is 5. The van der Waals surface area contributed by atoms with Crippen molar-refractivity contribution in [3.05, 3.63) is 72.3 Å². The minimum absolute atomic E-state index is 0.136. The Kier molecular flexibility index (Phi) is 4.24. The average Bonchev–Trinajstić information content (AvgIpc) is 2.61. The summed E-state index contributed by atoms with van der Waals surface area (Å²) in [5.41, 5.74) is 8.37. The summed E-state index contributed by atoms with van der Waals surface area (Å²) in [6.07, 6.45) is 4.66. The van der Waals surface area contributed by atoms with Crippen molar-refractivity contribution in [1.29, 1.82) is 0 Å². The molecule has 0 aliphatic carbocycles.